The Bertz CT molecular complexity index is 622. The molecule has 2 nitrogen and oxygen atoms in total. The number of rotatable bonds is 2. The van der Waals surface area contributed by atoms with Crippen LogP contribution < -0.4 is 5.32 Å². The van der Waals surface area contributed by atoms with Crippen LogP contribution in [0.15, 0.2) is 30.3 Å². The van der Waals surface area contributed by atoms with Crippen LogP contribution in [0.25, 0.3) is 0 Å². The van der Waals surface area contributed by atoms with Crippen LogP contribution in [0.1, 0.15) is 5.56 Å². The van der Waals surface area contributed by atoms with Crippen molar-refractivity contribution in [1.29, 1.82) is 0 Å². The van der Waals surface area contributed by atoms with Crippen LogP contribution in [0.5, 0.6) is 0 Å². The normalized spacial score (nSPS) is 11.5. The van der Waals surface area contributed by atoms with Crippen molar-refractivity contribution in [3.63, 3.8) is 0 Å². The van der Waals surface area contributed by atoms with Crippen molar-refractivity contribution in [3.8, 4) is 0 Å². The number of benzene rings is 1. The second kappa shape index (κ2) is 5.24. The Kier molecular flexibility index (Phi) is 3.80. The van der Waals surface area contributed by atoms with Crippen LogP contribution in [0.3, 0.4) is 0 Å². The predicted octanol–water partition coefficient (Wildman–Crippen LogP) is 4.78. The highest BCUT2D eigenvalue weighted by Crippen LogP contribution is 2.33. The molecule has 0 radical (unpaired) electrons. The van der Waals surface area contributed by atoms with Gasteiger partial charge < -0.3 is 5.32 Å². The highest BCUT2D eigenvalue weighted by atomic mass is 35.5. The van der Waals surface area contributed by atoms with Crippen molar-refractivity contribution in [2.45, 2.75) is 6.18 Å². The van der Waals surface area contributed by atoms with Crippen LogP contribution in [0, 0.1) is 11.6 Å². The van der Waals surface area contributed by atoms with Crippen LogP contribution in [-0.2, 0) is 6.18 Å². The molecule has 0 aliphatic heterocycles. The molecule has 0 amide bonds. The number of nitrogens with zero attached hydrogens (tertiary/aromatic N) is 1. The van der Waals surface area contributed by atoms with E-state index in [4.69, 9.17) is 11.6 Å². The van der Waals surface area contributed by atoms with Gasteiger partial charge in [-0.2, -0.15) is 13.2 Å². The molecule has 0 bridgehead atoms. The number of hydrogen-bond acceptors (Lipinski definition) is 2. The van der Waals surface area contributed by atoms with Gasteiger partial charge in [-0.15, -0.1) is 0 Å². The topological polar surface area (TPSA) is 24.9 Å². The van der Waals surface area contributed by atoms with Crippen LogP contribution >= 0.6 is 11.6 Å². The van der Waals surface area contributed by atoms with E-state index in [1.807, 2.05) is 0 Å². The quantitative estimate of drug-likeness (QED) is 0.638. The van der Waals surface area contributed by atoms with E-state index in [0.29, 0.717) is 12.1 Å². The maximum absolute atomic E-state index is 13.4. The van der Waals surface area contributed by atoms with Gasteiger partial charge in [-0.3, -0.25) is 0 Å². The number of alkyl halides is 3. The third kappa shape index (κ3) is 3.16. The SMILES string of the molecule is Fc1cccc(F)c1Nc1cc(C(F)(F)F)cc(Cl)n1. The molecule has 0 spiro atoms. The molecule has 1 aromatic heterocycles. The number of halogens is 6. The number of nitrogens with one attached hydrogen (secondary N) is 1. The van der Waals surface area contributed by atoms with E-state index in [1.165, 1.54) is 0 Å². The third-order valence-electron chi connectivity index (χ3n) is 2.34. The maximum Gasteiger partial charge on any atom is 0.416 e. The van der Waals surface area contributed by atoms with Crippen LogP contribution in [0.4, 0.5) is 33.5 Å². The molecule has 106 valence electrons. The summed E-state index contributed by atoms with van der Waals surface area (Å²) in [6.07, 6.45) is -4.64. The Morgan fingerprint density at radius 3 is 2.20 bits per heavy atom. The minimum Gasteiger partial charge on any atom is -0.335 e. The molecule has 2 aromatic rings. The minimum absolute atomic E-state index is 0.408. The Labute approximate surface area is 115 Å². The molecule has 1 N–H and O–H groups in total. The maximum atomic E-state index is 13.4. The molecule has 8 heteroatoms. The predicted molar refractivity (Wildman–Crippen MR) is 63.9 cm³/mol. The summed E-state index contributed by atoms with van der Waals surface area (Å²) in [5, 5.41) is 1.70. The molecule has 0 fully saturated rings. The van der Waals surface area contributed by atoms with Gasteiger partial charge in [0, 0.05) is 0 Å². The Hall–Kier alpha value is -1.89. The Morgan fingerprint density at radius 1 is 1.05 bits per heavy atom. The molecule has 0 atom stereocenters. The van der Waals surface area contributed by atoms with Gasteiger partial charge in [0.05, 0.1) is 5.56 Å². The van der Waals surface area contributed by atoms with E-state index in [2.05, 4.69) is 10.3 Å². The second-order valence-corrected chi connectivity index (χ2v) is 4.17. The van der Waals surface area contributed by atoms with Gasteiger partial charge in [0.1, 0.15) is 28.3 Å². The fourth-order valence-corrected chi connectivity index (χ4v) is 1.68. The highest BCUT2D eigenvalue weighted by Gasteiger charge is 2.31. The first-order chi connectivity index (χ1) is 9.27. The monoisotopic (exact) mass is 308 g/mol. The second-order valence-electron chi connectivity index (χ2n) is 3.78. The molecule has 20 heavy (non-hydrogen) atoms. The fourth-order valence-electron chi connectivity index (χ4n) is 1.47. The third-order valence-corrected chi connectivity index (χ3v) is 2.53. The molecule has 0 aliphatic carbocycles. The summed E-state index contributed by atoms with van der Waals surface area (Å²) < 4.78 is 64.5. The number of pyridine rings is 1. The first kappa shape index (κ1) is 14.5. The standard InChI is InChI=1S/C12H6ClF5N2/c13-9-4-6(12(16,17)18)5-10(19-9)20-11-7(14)2-1-3-8(11)15/h1-5H,(H,19,20). The highest BCUT2D eigenvalue weighted by molar-refractivity contribution is 6.29. The van der Waals surface area contributed by atoms with Gasteiger partial charge in [-0.1, -0.05) is 17.7 Å². The summed E-state index contributed by atoms with van der Waals surface area (Å²) in [6.45, 7) is 0. The number of anilines is 2. The van der Waals surface area contributed by atoms with E-state index in [0.717, 1.165) is 18.2 Å². The number of hydrogen-bond donors (Lipinski definition) is 1. The number of para-hydroxylation sites is 1. The molecule has 1 aromatic carbocycles. The fraction of sp³-hybridized carbons (Fsp3) is 0.0833. The van der Waals surface area contributed by atoms with E-state index < -0.39 is 40.0 Å². The summed E-state index contributed by atoms with van der Waals surface area (Å²) in [6, 6.07) is 4.27. The van der Waals surface area contributed by atoms with Crippen molar-refractivity contribution in [1.82, 2.24) is 4.98 Å². The van der Waals surface area contributed by atoms with Gasteiger partial charge in [0.25, 0.3) is 0 Å². The van der Waals surface area contributed by atoms with E-state index in [9.17, 15) is 22.0 Å². The van der Waals surface area contributed by atoms with Crippen molar-refractivity contribution in [3.05, 3.63) is 52.7 Å². The summed E-state index contributed by atoms with van der Waals surface area (Å²) in [5.41, 5.74) is -1.67. The Balaban J connectivity index is 2.42. The Morgan fingerprint density at radius 2 is 1.65 bits per heavy atom. The molecular weight excluding hydrogens is 303 g/mol. The average Bonchev–Trinajstić information content (AvgIpc) is 2.32. The zero-order chi connectivity index (χ0) is 14.9. The van der Waals surface area contributed by atoms with Crippen molar-refractivity contribution < 1.29 is 22.0 Å². The zero-order valence-electron chi connectivity index (χ0n) is 9.60. The lowest BCUT2D eigenvalue weighted by atomic mass is 10.2. The lowest BCUT2D eigenvalue weighted by Crippen LogP contribution is -2.07. The van der Waals surface area contributed by atoms with Gasteiger partial charge in [-0.05, 0) is 24.3 Å². The lowest BCUT2D eigenvalue weighted by molar-refractivity contribution is -0.137. The van der Waals surface area contributed by atoms with Gasteiger partial charge in [-0.25, -0.2) is 13.8 Å². The first-order valence-electron chi connectivity index (χ1n) is 5.23. The minimum atomic E-state index is -4.64. The average molecular weight is 309 g/mol. The van der Waals surface area contributed by atoms with Crippen LogP contribution in [-0.4, -0.2) is 4.98 Å². The molecule has 0 unspecified atom stereocenters. The molecule has 0 saturated carbocycles. The van der Waals surface area contributed by atoms with Gasteiger partial charge >= 0.3 is 6.18 Å². The summed E-state index contributed by atoms with van der Waals surface area (Å²) in [5.74, 6) is -2.32. The zero-order valence-corrected chi connectivity index (χ0v) is 10.4. The van der Waals surface area contributed by atoms with Crippen LogP contribution in [0.2, 0.25) is 5.15 Å². The van der Waals surface area contributed by atoms with E-state index in [-0.39, 0.29) is 0 Å². The van der Waals surface area contributed by atoms with Crippen molar-refractivity contribution in [2.75, 3.05) is 5.32 Å². The summed E-state index contributed by atoms with van der Waals surface area (Å²) >= 11 is 5.46. The number of aromatic nitrogens is 1. The molecule has 0 saturated heterocycles. The van der Waals surface area contributed by atoms with E-state index in [1.54, 1.807) is 0 Å². The largest absolute Gasteiger partial charge is 0.416 e. The smallest absolute Gasteiger partial charge is 0.335 e. The van der Waals surface area contributed by atoms with Crippen molar-refractivity contribution in [2.24, 2.45) is 0 Å². The summed E-state index contributed by atoms with van der Waals surface area (Å²) in [7, 11) is 0. The van der Waals surface area contributed by atoms with E-state index >= 15 is 0 Å². The lowest BCUT2D eigenvalue weighted by Gasteiger charge is -2.11. The van der Waals surface area contributed by atoms with Crippen molar-refractivity contribution >= 4 is 23.1 Å². The molecule has 0 aliphatic rings. The molecular formula is C12H6ClF5N2. The van der Waals surface area contributed by atoms with Gasteiger partial charge in [0.15, 0.2) is 0 Å². The molecule has 1 heterocycles. The van der Waals surface area contributed by atoms with Gasteiger partial charge in [0.2, 0.25) is 0 Å². The first-order valence-corrected chi connectivity index (χ1v) is 5.61. The molecule has 2 rings (SSSR count). The summed E-state index contributed by atoms with van der Waals surface area (Å²) in [4.78, 5) is 3.55.